The van der Waals surface area contributed by atoms with Crippen molar-refractivity contribution in [1.82, 2.24) is 4.90 Å². The summed E-state index contributed by atoms with van der Waals surface area (Å²) in [6.45, 7) is 0.862. The van der Waals surface area contributed by atoms with Crippen molar-refractivity contribution in [3.8, 4) is 5.75 Å². The van der Waals surface area contributed by atoms with E-state index in [4.69, 9.17) is 4.74 Å². The Bertz CT molecular complexity index is 490. The average molecular weight is 243 g/mol. The lowest BCUT2D eigenvalue weighted by Crippen LogP contribution is -2.35. The van der Waals surface area contributed by atoms with Gasteiger partial charge in [0.1, 0.15) is 5.75 Å². The van der Waals surface area contributed by atoms with E-state index in [1.807, 2.05) is 17.0 Å². The highest BCUT2D eigenvalue weighted by Gasteiger charge is 2.32. The molecule has 3 heteroatoms. The third kappa shape index (κ3) is 1.90. The summed E-state index contributed by atoms with van der Waals surface area (Å²) in [5.41, 5.74) is 2.60. The van der Waals surface area contributed by atoms with Crippen LogP contribution in [-0.2, 0) is 4.79 Å². The Balaban J connectivity index is 1.84. The average Bonchev–Trinajstić information content (AvgIpc) is 2.80. The summed E-state index contributed by atoms with van der Waals surface area (Å²) in [4.78, 5) is 13.6. The highest BCUT2D eigenvalue weighted by molar-refractivity contribution is 5.81. The number of hydrogen-bond acceptors (Lipinski definition) is 2. The Hall–Kier alpha value is -1.77. The lowest BCUT2D eigenvalue weighted by Gasteiger charge is -2.28. The molecule has 18 heavy (non-hydrogen) atoms. The van der Waals surface area contributed by atoms with Gasteiger partial charge in [-0.25, -0.2) is 0 Å². The third-order valence-corrected chi connectivity index (χ3v) is 3.85. The standard InChI is InChI=1S/C15H17NO2/c1-18-14-5-2-11(3-6-14)12-8-9-16-13(10-12)4-7-15(16)17/h2-3,5-6,10,13H,4,7-9H2,1H3. The van der Waals surface area contributed by atoms with Crippen molar-refractivity contribution in [3.05, 3.63) is 35.9 Å². The lowest BCUT2D eigenvalue weighted by atomic mass is 9.96. The molecule has 1 saturated heterocycles. The van der Waals surface area contributed by atoms with Gasteiger partial charge in [-0.15, -0.1) is 0 Å². The van der Waals surface area contributed by atoms with Gasteiger partial charge in [-0.05, 0) is 36.1 Å². The zero-order valence-corrected chi connectivity index (χ0v) is 10.6. The van der Waals surface area contributed by atoms with E-state index in [0.717, 1.165) is 25.1 Å². The van der Waals surface area contributed by atoms with Crippen LogP contribution in [0.2, 0.25) is 0 Å². The molecule has 1 atom stereocenters. The Labute approximate surface area is 107 Å². The van der Waals surface area contributed by atoms with Gasteiger partial charge >= 0.3 is 0 Å². The largest absolute Gasteiger partial charge is 0.497 e. The van der Waals surface area contributed by atoms with E-state index >= 15 is 0 Å². The predicted octanol–water partition coefficient (Wildman–Crippen LogP) is 2.47. The van der Waals surface area contributed by atoms with E-state index in [1.54, 1.807) is 7.11 Å². The molecule has 1 amide bonds. The van der Waals surface area contributed by atoms with Gasteiger partial charge in [0, 0.05) is 13.0 Å². The number of benzene rings is 1. The minimum atomic E-state index is 0.310. The SMILES string of the molecule is COc1ccc(C2=CC3CCC(=O)N3CC2)cc1. The molecule has 0 saturated carbocycles. The van der Waals surface area contributed by atoms with Gasteiger partial charge in [-0.3, -0.25) is 4.79 Å². The molecule has 94 valence electrons. The second-order valence-electron chi connectivity index (χ2n) is 4.86. The van der Waals surface area contributed by atoms with E-state index in [0.29, 0.717) is 18.4 Å². The molecule has 0 N–H and O–H groups in total. The van der Waals surface area contributed by atoms with Crippen LogP contribution >= 0.6 is 0 Å². The summed E-state index contributed by atoms with van der Waals surface area (Å²) in [5.74, 6) is 1.19. The number of methoxy groups -OCH3 is 1. The molecule has 3 rings (SSSR count). The Morgan fingerprint density at radius 3 is 2.72 bits per heavy atom. The van der Waals surface area contributed by atoms with Crippen LogP contribution in [0.25, 0.3) is 5.57 Å². The van der Waals surface area contributed by atoms with Crippen LogP contribution in [0.15, 0.2) is 30.3 Å². The number of carbonyl (C=O) groups excluding carboxylic acids is 1. The first kappa shape index (κ1) is 11.3. The van der Waals surface area contributed by atoms with Crippen LogP contribution in [0.3, 0.4) is 0 Å². The molecular weight excluding hydrogens is 226 g/mol. The molecule has 0 bridgehead atoms. The molecule has 0 aliphatic carbocycles. The smallest absolute Gasteiger partial charge is 0.223 e. The van der Waals surface area contributed by atoms with Crippen molar-refractivity contribution in [1.29, 1.82) is 0 Å². The maximum absolute atomic E-state index is 11.6. The van der Waals surface area contributed by atoms with Crippen LogP contribution in [0.5, 0.6) is 5.75 Å². The molecule has 2 aliphatic heterocycles. The Morgan fingerprint density at radius 2 is 2.00 bits per heavy atom. The molecule has 1 aromatic carbocycles. The van der Waals surface area contributed by atoms with Gasteiger partial charge in [0.15, 0.2) is 0 Å². The first-order valence-corrected chi connectivity index (χ1v) is 6.42. The second kappa shape index (κ2) is 4.48. The molecule has 2 aliphatic rings. The summed E-state index contributed by atoms with van der Waals surface area (Å²) in [6, 6.07) is 8.49. The maximum atomic E-state index is 11.6. The molecule has 3 nitrogen and oxygen atoms in total. The number of rotatable bonds is 2. The molecule has 0 radical (unpaired) electrons. The van der Waals surface area contributed by atoms with E-state index in [2.05, 4.69) is 18.2 Å². The van der Waals surface area contributed by atoms with Crippen LogP contribution in [0.4, 0.5) is 0 Å². The van der Waals surface area contributed by atoms with E-state index in [1.165, 1.54) is 11.1 Å². The highest BCUT2D eigenvalue weighted by atomic mass is 16.5. The second-order valence-corrected chi connectivity index (χ2v) is 4.86. The summed E-state index contributed by atoms with van der Waals surface area (Å²) in [6.07, 6.45) is 4.89. The van der Waals surface area contributed by atoms with E-state index in [9.17, 15) is 4.79 Å². The van der Waals surface area contributed by atoms with Gasteiger partial charge < -0.3 is 9.64 Å². The third-order valence-electron chi connectivity index (χ3n) is 3.85. The number of amides is 1. The van der Waals surface area contributed by atoms with Gasteiger partial charge in [0.05, 0.1) is 13.2 Å². The molecule has 1 unspecified atom stereocenters. The fourth-order valence-corrected chi connectivity index (χ4v) is 2.82. The van der Waals surface area contributed by atoms with Gasteiger partial charge in [0.25, 0.3) is 0 Å². The Kier molecular flexibility index (Phi) is 2.82. The van der Waals surface area contributed by atoms with Crippen molar-refractivity contribution in [2.45, 2.75) is 25.3 Å². The fourth-order valence-electron chi connectivity index (χ4n) is 2.82. The summed E-state index contributed by atoms with van der Waals surface area (Å²) < 4.78 is 5.17. The first-order chi connectivity index (χ1) is 8.78. The predicted molar refractivity (Wildman–Crippen MR) is 70.3 cm³/mol. The molecular formula is C15H17NO2. The van der Waals surface area contributed by atoms with Crippen molar-refractivity contribution in [2.75, 3.05) is 13.7 Å². The van der Waals surface area contributed by atoms with Crippen LogP contribution < -0.4 is 4.74 Å². The monoisotopic (exact) mass is 243 g/mol. The highest BCUT2D eigenvalue weighted by Crippen LogP contribution is 2.31. The van der Waals surface area contributed by atoms with Gasteiger partial charge in [0.2, 0.25) is 5.91 Å². The van der Waals surface area contributed by atoms with Gasteiger partial charge in [-0.1, -0.05) is 18.2 Å². The molecule has 1 fully saturated rings. The quantitative estimate of drug-likeness (QED) is 0.798. The summed E-state index contributed by atoms with van der Waals surface area (Å²) in [7, 11) is 1.68. The maximum Gasteiger partial charge on any atom is 0.223 e. The molecule has 1 aromatic rings. The number of nitrogens with zero attached hydrogens (tertiary/aromatic N) is 1. The zero-order chi connectivity index (χ0) is 12.5. The van der Waals surface area contributed by atoms with Crippen LogP contribution in [0.1, 0.15) is 24.8 Å². The Morgan fingerprint density at radius 1 is 1.22 bits per heavy atom. The van der Waals surface area contributed by atoms with E-state index in [-0.39, 0.29) is 0 Å². The summed E-state index contributed by atoms with van der Waals surface area (Å²) >= 11 is 0. The topological polar surface area (TPSA) is 29.5 Å². The van der Waals surface area contributed by atoms with Crippen molar-refractivity contribution in [3.63, 3.8) is 0 Å². The van der Waals surface area contributed by atoms with Crippen LogP contribution in [0, 0.1) is 0 Å². The molecule has 0 spiro atoms. The zero-order valence-electron chi connectivity index (χ0n) is 10.6. The minimum Gasteiger partial charge on any atom is -0.497 e. The lowest BCUT2D eigenvalue weighted by molar-refractivity contribution is -0.128. The molecule has 0 aromatic heterocycles. The van der Waals surface area contributed by atoms with Crippen molar-refractivity contribution in [2.24, 2.45) is 0 Å². The molecule has 2 heterocycles. The number of fused-ring (bicyclic) bond motifs is 1. The van der Waals surface area contributed by atoms with Gasteiger partial charge in [-0.2, -0.15) is 0 Å². The van der Waals surface area contributed by atoms with E-state index < -0.39 is 0 Å². The first-order valence-electron chi connectivity index (χ1n) is 6.42. The fraction of sp³-hybridized carbons (Fsp3) is 0.400. The minimum absolute atomic E-state index is 0.310. The number of ether oxygens (including phenoxy) is 1. The summed E-state index contributed by atoms with van der Waals surface area (Å²) in [5, 5.41) is 0. The van der Waals surface area contributed by atoms with Crippen molar-refractivity contribution < 1.29 is 9.53 Å². The normalized spacial score (nSPS) is 22.7. The number of carbonyl (C=O) groups is 1. The number of hydrogen-bond donors (Lipinski definition) is 0. The van der Waals surface area contributed by atoms with Crippen molar-refractivity contribution >= 4 is 11.5 Å². The van der Waals surface area contributed by atoms with Crippen LogP contribution in [-0.4, -0.2) is 30.5 Å².